The predicted octanol–water partition coefficient (Wildman–Crippen LogP) is 1.62. The number of aromatic nitrogens is 5. The molecular formula is C19H25N7O2. The van der Waals surface area contributed by atoms with Gasteiger partial charge in [0.05, 0.1) is 31.2 Å². The van der Waals surface area contributed by atoms with Gasteiger partial charge >= 0.3 is 0 Å². The first-order valence-corrected chi connectivity index (χ1v) is 9.93. The Bertz CT molecular complexity index is 939. The van der Waals surface area contributed by atoms with Gasteiger partial charge in [-0.3, -0.25) is 4.90 Å². The molecule has 1 atom stereocenters. The molecule has 2 aliphatic heterocycles. The highest BCUT2D eigenvalue weighted by atomic mass is 16.5. The second kappa shape index (κ2) is 7.48. The summed E-state index contributed by atoms with van der Waals surface area (Å²) in [6.45, 7) is 8.10. The Morgan fingerprint density at radius 2 is 2.04 bits per heavy atom. The van der Waals surface area contributed by atoms with Crippen molar-refractivity contribution in [3.05, 3.63) is 30.2 Å². The van der Waals surface area contributed by atoms with E-state index in [1.807, 2.05) is 19.3 Å². The van der Waals surface area contributed by atoms with E-state index in [1.54, 1.807) is 6.33 Å². The lowest BCUT2D eigenvalue weighted by Gasteiger charge is -2.34. The van der Waals surface area contributed by atoms with E-state index in [1.165, 1.54) is 0 Å². The van der Waals surface area contributed by atoms with Crippen molar-refractivity contribution in [1.29, 1.82) is 0 Å². The van der Waals surface area contributed by atoms with E-state index >= 15 is 0 Å². The van der Waals surface area contributed by atoms with Crippen molar-refractivity contribution >= 4 is 17.0 Å². The van der Waals surface area contributed by atoms with Gasteiger partial charge in [-0.1, -0.05) is 5.16 Å². The topological polar surface area (TPSA) is 85.3 Å². The third-order valence-electron chi connectivity index (χ3n) is 5.53. The number of nitrogens with zero attached hydrogens (tertiary/aromatic N) is 7. The molecule has 2 fully saturated rings. The Labute approximate surface area is 163 Å². The molecule has 9 nitrogen and oxygen atoms in total. The van der Waals surface area contributed by atoms with E-state index in [0.717, 1.165) is 87.2 Å². The summed E-state index contributed by atoms with van der Waals surface area (Å²) < 4.78 is 13.2. The molecule has 1 unspecified atom stereocenters. The molecule has 0 aromatic carbocycles. The minimum Gasteiger partial charge on any atom is -0.376 e. The second-order valence-electron chi connectivity index (χ2n) is 7.60. The molecule has 0 bridgehead atoms. The van der Waals surface area contributed by atoms with Gasteiger partial charge < -0.3 is 18.7 Å². The van der Waals surface area contributed by atoms with E-state index in [0.29, 0.717) is 0 Å². The molecule has 2 aliphatic rings. The number of aryl methyl sites for hydroxylation is 1. The Morgan fingerprint density at radius 3 is 2.79 bits per heavy atom. The largest absolute Gasteiger partial charge is 0.376 e. The molecule has 2 saturated heterocycles. The number of anilines is 1. The quantitative estimate of drug-likeness (QED) is 0.657. The van der Waals surface area contributed by atoms with Crippen molar-refractivity contribution in [2.75, 3.05) is 37.7 Å². The highest BCUT2D eigenvalue weighted by molar-refractivity contribution is 5.83. The zero-order valence-electron chi connectivity index (χ0n) is 16.1. The number of imidazole rings is 1. The molecule has 0 aliphatic carbocycles. The fraction of sp³-hybridized carbons (Fsp3) is 0.579. The molecular weight excluding hydrogens is 358 g/mol. The number of hydrogen-bond acceptors (Lipinski definition) is 8. The molecule has 148 valence electrons. The summed E-state index contributed by atoms with van der Waals surface area (Å²) in [5, 5.41) is 3.97. The van der Waals surface area contributed by atoms with Crippen LogP contribution < -0.4 is 4.90 Å². The molecule has 3 aromatic rings. The van der Waals surface area contributed by atoms with Crippen LogP contribution in [-0.4, -0.2) is 68.5 Å². The van der Waals surface area contributed by atoms with E-state index < -0.39 is 0 Å². The van der Waals surface area contributed by atoms with Crippen molar-refractivity contribution in [1.82, 2.24) is 29.6 Å². The van der Waals surface area contributed by atoms with Gasteiger partial charge in [0.2, 0.25) is 0 Å². The maximum atomic E-state index is 5.76. The van der Waals surface area contributed by atoms with Gasteiger partial charge in [0.15, 0.2) is 22.7 Å². The predicted molar refractivity (Wildman–Crippen MR) is 103 cm³/mol. The Hall–Kier alpha value is -2.52. The number of rotatable bonds is 5. The number of hydrogen-bond donors (Lipinski definition) is 0. The smallest absolute Gasteiger partial charge is 0.165 e. The third-order valence-corrected chi connectivity index (χ3v) is 5.53. The lowest BCUT2D eigenvalue weighted by atomic mass is 10.2. The van der Waals surface area contributed by atoms with Crippen molar-refractivity contribution in [2.24, 2.45) is 0 Å². The van der Waals surface area contributed by atoms with Crippen LogP contribution in [0.25, 0.3) is 11.2 Å². The van der Waals surface area contributed by atoms with Crippen LogP contribution >= 0.6 is 0 Å². The van der Waals surface area contributed by atoms with Crippen LogP contribution in [0.5, 0.6) is 0 Å². The first-order valence-electron chi connectivity index (χ1n) is 9.93. The fourth-order valence-electron chi connectivity index (χ4n) is 4.07. The lowest BCUT2D eigenvalue weighted by Crippen LogP contribution is -2.46. The average molecular weight is 383 g/mol. The van der Waals surface area contributed by atoms with Gasteiger partial charge in [0, 0.05) is 38.9 Å². The fourth-order valence-corrected chi connectivity index (χ4v) is 4.07. The van der Waals surface area contributed by atoms with E-state index in [-0.39, 0.29) is 6.10 Å². The van der Waals surface area contributed by atoms with E-state index in [4.69, 9.17) is 9.26 Å². The highest BCUT2D eigenvalue weighted by Gasteiger charge is 2.23. The van der Waals surface area contributed by atoms with Gasteiger partial charge in [-0.2, -0.15) is 0 Å². The second-order valence-corrected chi connectivity index (χ2v) is 7.60. The van der Waals surface area contributed by atoms with Crippen molar-refractivity contribution in [2.45, 2.75) is 39.0 Å². The summed E-state index contributed by atoms with van der Waals surface area (Å²) in [6.07, 6.45) is 6.01. The van der Waals surface area contributed by atoms with Gasteiger partial charge in [-0.25, -0.2) is 15.0 Å². The van der Waals surface area contributed by atoms with E-state index in [2.05, 4.69) is 34.5 Å². The zero-order valence-corrected chi connectivity index (χ0v) is 16.1. The van der Waals surface area contributed by atoms with Gasteiger partial charge in [-0.15, -0.1) is 0 Å². The monoisotopic (exact) mass is 383 g/mol. The first kappa shape index (κ1) is 17.6. The van der Waals surface area contributed by atoms with Crippen LogP contribution in [0.2, 0.25) is 0 Å². The van der Waals surface area contributed by atoms with Crippen LogP contribution in [0.1, 0.15) is 24.3 Å². The first-order chi connectivity index (χ1) is 13.8. The Morgan fingerprint density at radius 1 is 1.14 bits per heavy atom. The number of piperazine rings is 1. The minimum absolute atomic E-state index is 0.263. The summed E-state index contributed by atoms with van der Waals surface area (Å²) in [4.78, 5) is 18.3. The maximum absolute atomic E-state index is 5.76. The normalized spacial score (nSPS) is 21.0. The summed E-state index contributed by atoms with van der Waals surface area (Å²) in [7, 11) is 0. The van der Waals surface area contributed by atoms with Gasteiger partial charge in [-0.05, 0) is 19.8 Å². The molecule has 0 spiro atoms. The highest BCUT2D eigenvalue weighted by Crippen LogP contribution is 2.24. The van der Waals surface area contributed by atoms with Crippen molar-refractivity contribution in [3.63, 3.8) is 0 Å². The average Bonchev–Trinajstić information content (AvgIpc) is 3.45. The summed E-state index contributed by atoms with van der Waals surface area (Å²) in [5.41, 5.74) is 2.69. The Balaban J connectivity index is 1.28. The summed E-state index contributed by atoms with van der Waals surface area (Å²) >= 11 is 0. The van der Waals surface area contributed by atoms with Crippen LogP contribution in [0, 0.1) is 6.92 Å². The summed E-state index contributed by atoms with van der Waals surface area (Å²) in [5.74, 6) is 1.84. The number of fused-ring (bicyclic) bond motifs is 1. The van der Waals surface area contributed by atoms with Crippen LogP contribution in [-0.2, 0) is 17.8 Å². The maximum Gasteiger partial charge on any atom is 0.165 e. The molecule has 5 rings (SSSR count). The molecule has 0 N–H and O–H groups in total. The van der Waals surface area contributed by atoms with Crippen molar-refractivity contribution < 1.29 is 9.26 Å². The van der Waals surface area contributed by atoms with E-state index in [9.17, 15) is 0 Å². The lowest BCUT2D eigenvalue weighted by molar-refractivity contribution is 0.0978. The SMILES string of the molecule is Cc1cc(CN2CCN(c3ncnc4c3ncn4CC3CCCO3)CC2)on1. The van der Waals surface area contributed by atoms with Crippen LogP contribution in [0.3, 0.4) is 0 Å². The minimum atomic E-state index is 0.263. The molecule has 0 amide bonds. The standard InChI is InChI=1S/C19H25N7O2/c1-14-9-16(28-23-14)10-24-4-6-25(7-5-24)18-17-19(21-12-20-18)26(13-22-17)11-15-3-2-8-27-15/h9,12-13,15H,2-8,10-11H2,1H3. The molecule has 0 saturated carbocycles. The van der Waals surface area contributed by atoms with Crippen molar-refractivity contribution in [3.8, 4) is 0 Å². The molecule has 9 heteroatoms. The zero-order chi connectivity index (χ0) is 18.9. The van der Waals surface area contributed by atoms with Gasteiger partial charge in [0.1, 0.15) is 6.33 Å². The van der Waals surface area contributed by atoms with Crippen LogP contribution in [0.15, 0.2) is 23.2 Å². The summed E-state index contributed by atoms with van der Waals surface area (Å²) in [6, 6.07) is 2.00. The molecule has 3 aromatic heterocycles. The molecule has 28 heavy (non-hydrogen) atoms. The van der Waals surface area contributed by atoms with Crippen LogP contribution in [0.4, 0.5) is 5.82 Å². The molecule has 0 radical (unpaired) electrons. The number of ether oxygens (including phenoxy) is 1. The molecule has 5 heterocycles. The third kappa shape index (κ3) is 3.47. The van der Waals surface area contributed by atoms with Gasteiger partial charge in [0.25, 0.3) is 0 Å². The Kier molecular flexibility index (Phi) is 4.69.